The van der Waals surface area contributed by atoms with Gasteiger partial charge in [0.25, 0.3) is 0 Å². The summed E-state index contributed by atoms with van der Waals surface area (Å²) in [6.45, 7) is 0. The van der Waals surface area contributed by atoms with Gasteiger partial charge in [-0.1, -0.05) is 31.1 Å². The maximum Gasteiger partial charge on any atom is 0.0875 e. The summed E-state index contributed by atoms with van der Waals surface area (Å²) < 4.78 is 0. The maximum atomic E-state index is 9.47. The zero-order valence-corrected chi connectivity index (χ0v) is 11.3. The second-order valence-corrected chi connectivity index (χ2v) is 5.13. The molecule has 2 unspecified atom stereocenters. The Bertz CT molecular complexity index is 412. The fourth-order valence-electron chi connectivity index (χ4n) is 2.95. The van der Waals surface area contributed by atoms with Crippen LogP contribution in [0.2, 0.25) is 0 Å². The van der Waals surface area contributed by atoms with Crippen LogP contribution < -0.4 is 10.8 Å². The standard InChI is InChI=1S/C13H19N3OS/c1-14-12(18)13(10-5-4-8-15-9-10)7-3-2-6-11(13)16-17/h4-5,8-9,11,16-17H,2-3,6-7H2,1H3,(H,14,18). The van der Waals surface area contributed by atoms with Crippen LogP contribution in [0.5, 0.6) is 0 Å². The minimum absolute atomic E-state index is 0.0598. The van der Waals surface area contributed by atoms with E-state index < -0.39 is 0 Å². The van der Waals surface area contributed by atoms with Crippen LogP contribution in [0.3, 0.4) is 0 Å². The summed E-state index contributed by atoms with van der Waals surface area (Å²) in [5.74, 6) is 0. The summed E-state index contributed by atoms with van der Waals surface area (Å²) in [7, 11) is 1.84. The quantitative estimate of drug-likeness (QED) is 0.574. The number of hydrogen-bond donors (Lipinski definition) is 3. The number of thiocarbonyl (C=S) groups is 1. The van der Waals surface area contributed by atoms with Crippen LogP contribution in [0, 0.1) is 0 Å². The molecule has 0 aliphatic heterocycles. The summed E-state index contributed by atoms with van der Waals surface area (Å²) in [6, 6.07) is 3.89. The minimum Gasteiger partial charge on any atom is -0.382 e. The van der Waals surface area contributed by atoms with Gasteiger partial charge in [0.15, 0.2) is 0 Å². The molecule has 0 aromatic carbocycles. The van der Waals surface area contributed by atoms with Gasteiger partial charge in [0.1, 0.15) is 0 Å². The molecule has 5 heteroatoms. The Hall–Kier alpha value is -1.04. The van der Waals surface area contributed by atoms with Gasteiger partial charge in [-0.25, -0.2) is 5.48 Å². The molecule has 18 heavy (non-hydrogen) atoms. The highest BCUT2D eigenvalue weighted by molar-refractivity contribution is 7.80. The lowest BCUT2D eigenvalue weighted by Crippen LogP contribution is -2.57. The predicted octanol–water partition coefficient (Wildman–Crippen LogP) is 1.79. The Morgan fingerprint density at radius 2 is 2.39 bits per heavy atom. The van der Waals surface area contributed by atoms with E-state index in [0.29, 0.717) is 0 Å². The van der Waals surface area contributed by atoms with E-state index in [0.717, 1.165) is 36.2 Å². The highest BCUT2D eigenvalue weighted by atomic mass is 32.1. The van der Waals surface area contributed by atoms with Gasteiger partial charge in [-0.2, -0.15) is 0 Å². The van der Waals surface area contributed by atoms with Gasteiger partial charge in [-0.15, -0.1) is 0 Å². The van der Waals surface area contributed by atoms with Crippen molar-refractivity contribution in [1.82, 2.24) is 15.8 Å². The summed E-state index contributed by atoms with van der Waals surface area (Å²) in [5, 5.41) is 12.6. The molecular formula is C13H19N3OS. The summed E-state index contributed by atoms with van der Waals surface area (Å²) in [5.41, 5.74) is 3.16. The van der Waals surface area contributed by atoms with E-state index in [1.807, 2.05) is 25.4 Å². The first-order valence-electron chi connectivity index (χ1n) is 6.28. The van der Waals surface area contributed by atoms with Crippen molar-refractivity contribution < 1.29 is 5.21 Å². The third-order valence-electron chi connectivity index (χ3n) is 3.87. The smallest absolute Gasteiger partial charge is 0.0875 e. The van der Waals surface area contributed by atoms with Crippen molar-refractivity contribution in [2.24, 2.45) is 0 Å². The lowest BCUT2D eigenvalue weighted by Gasteiger charge is -2.43. The zero-order chi connectivity index (χ0) is 13.0. The molecule has 0 amide bonds. The number of likely N-dealkylation sites (N-methyl/N-ethyl adjacent to an activating group) is 1. The highest BCUT2D eigenvalue weighted by Crippen LogP contribution is 2.40. The number of aromatic nitrogens is 1. The molecule has 1 saturated carbocycles. The van der Waals surface area contributed by atoms with Gasteiger partial charge in [-0.05, 0) is 24.5 Å². The van der Waals surface area contributed by atoms with Crippen molar-refractivity contribution in [3.8, 4) is 0 Å². The van der Waals surface area contributed by atoms with Crippen LogP contribution in [0.4, 0.5) is 0 Å². The molecule has 98 valence electrons. The number of hydrogen-bond acceptors (Lipinski definition) is 4. The molecular weight excluding hydrogens is 246 g/mol. The Morgan fingerprint density at radius 3 is 3.00 bits per heavy atom. The van der Waals surface area contributed by atoms with E-state index in [9.17, 15) is 5.21 Å². The largest absolute Gasteiger partial charge is 0.382 e. The first kappa shape index (κ1) is 13.4. The van der Waals surface area contributed by atoms with Crippen LogP contribution in [-0.4, -0.2) is 28.3 Å². The summed E-state index contributed by atoms with van der Waals surface area (Å²) >= 11 is 5.52. The molecule has 2 rings (SSSR count). The number of pyridine rings is 1. The second-order valence-electron chi connectivity index (χ2n) is 4.72. The molecule has 0 saturated heterocycles. The van der Waals surface area contributed by atoms with E-state index in [-0.39, 0.29) is 11.5 Å². The van der Waals surface area contributed by atoms with Crippen molar-refractivity contribution in [2.75, 3.05) is 7.05 Å². The topological polar surface area (TPSA) is 57.2 Å². The number of nitrogens with one attached hydrogen (secondary N) is 2. The molecule has 1 aromatic rings. The molecule has 4 nitrogen and oxygen atoms in total. The van der Waals surface area contributed by atoms with Crippen LogP contribution in [0.1, 0.15) is 31.2 Å². The van der Waals surface area contributed by atoms with E-state index >= 15 is 0 Å². The van der Waals surface area contributed by atoms with Gasteiger partial charge in [-0.3, -0.25) is 4.98 Å². The van der Waals surface area contributed by atoms with Crippen molar-refractivity contribution >= 4 is 17.2 Å². The van der Waals surface area contributed by atoms with Gasteiger partial charge in [0.2, 0.25) is 0 Å². The van der Waals surface area contributed by atoms with Crippen molar-refractivity contribution in [2.45, 2.75) is 37.1 Å². The molecule has 1 aliphatic carbocycles. The third-order valence-corrected chi connectivity index (χ3v) is 4.44. The molecule has 0 spiro atoms. The van der Waals surface area contributed by atoms with Gasteiger partial charge < -0.3 is 10.5 Å². The van der Waals surface area contributed by atoms with E-state index in [1.54, 1.807) is 6.20 Å². The van der Waals surface area contributed by atoms with Crippen molar-refractivity contribution in [1.29, 1.82) is 0 Å². The first-order valence-corrected chi connectivity index (χ1v) is 6.69. The van der Waals surface area contributed by atoms with Crippen molar-refractivity contribution in [3.63, 3.8) is 0 Å². The van der Waals surface area contributed by atoms with E-state index in [2.05, 4.69) is 15.8 Å². The predicted molar refractivity (Wildman–Crippen MR) is 74.8 cm³/mol. The minimum atomic E-state index is -0.356. The molecule has 0 bridgehead atoms. The van der Waals surface area contributed by atoms with Crippen LogP contribution in [0.25, 0.3) is 0 Å². The molecule has 3 N–H and O–H groups in total. The Kier molecular flexibility index (Phi) is 4.27. The van der Waals surface area contributed by atoms with Crippen LogP contribution in [0.15, 0.2) is 24.5 Å². The Balaban J connectivity index is 2.48. The maximum absolute atomic E-state index is 9.47. The average molecular weight is 265 g/mol. The summed E-state index contributed by atoms with van der Waals surface area (Å²) in [4.78, 5) is 4.96. The Labute approximate surface area is 113 Å². The van der Waals surface area contributed by atoms with Crippen LogP contribution in [-0.2, 0) is 5.41 Å². The lowest BCUT2D eigenvalue weighted by atomic mass is 9.66. The molecule has 1 aliphatic rings. The zero-order valence-electron chi connectivity index (χ0n) is 10.5. The SMILES string of the molecule is CNC(=S)C1(c2cccnc2)CCCCC1NO. The second kappa shape index (κ2) is 5.73. The summed E-state index contributed by atoms with van der Waals surface area (Å²) in [6.07, 6.45) is 7.65. The molecule has 1 aromatic heterocycles. The number of nitrogens with zero attached hydrogens (tertiary/aromatic N) is 1. The van der Waals surface area contributed by atoms with Gasteiger partial charge >= 0.3 is 0 Å². The van der Waals surface area contributed by atoms with E-state index in [4.69, 9.17) is 12.2 Å². The van der Waals surface area contributed by atoms with Gasteiger partial charge in [0.05, 0.1) is 10.4 Å². The lowest BCUT2D eigenvalue weighted by molar-refractivity contribution is 0.0800. The molecule has 1 fully saturated rings. The average Bonchev–Trinajstić information content (AvgIpc) is 2.47. The third kappa shape index (κ3) is 2.13. The van der Waals surface area contributed by atoms with Crippen molar-refractivity contribution in [3.05, 3.63) is 30.1 Å². The molecule has 2 atom stereocenters. The number of rotatable bonds is 3. The number of hydroxylamine groups is 1. The highest BCUT2D eigenvalue weighted by Gasteiger charge is 2.45. The molecule has 1 heterocycles. The van der Waals surface area contributed by atoms with Crippen LogP contribution >= 0.6 is 12.2 Å². The fraction of sp³-hybridized carbons (Fsp3) is 0.538. The normalized spacial score (nSPS) is 27.8. The molecule has 0 radical (unpaired) electrons. The monoisotopic (exact) mass is 265 g/mol. The first-order chi connectivity index (χ1) is 8.75. The van der Waals surface area contributed by atoms with Gasteiger partial charge in [0, 0.05) is 25.5 Å². The Morgan fingerprint density at radius 1 is 1.56 bits per heavy atom. The fourth-order valence-corrected chi connectivity index (χ4v) is 3.31. The van der Waals surface area contributed by atoms with E-state index in [1.165, 1.54) is 0 Å².